The van der Waals surface area contributed by atoms with Crippen molar-refractivity contribution in [1.82, 2.24) is 15.1 Å². The summed E-state index contributed by atoms with van der Waals surface area (Å²) in [5.41, 5.74) is 1.62. The fourth-order valence-corrected chi connectivity index (χ4v) is 3.73. The minimum atomic E-state index is -0.668. The molecule has 1 amide bonds. The van der Waals surface area contributed by atoms with Crippen molar-refractivity contribution in [2.24, 2.45) is 17.8 Å². The molecule has 1 fully saturated rings. The van der Waals surface area contributed by atoms with E-state index in [2.05, 4.69) is 28.6 Å². The molecule has 1 aromatic heterocycles. The molecular weight excluding hydrogens is 300 g/mol. The number of nitrogens with one attached hydrogen (secondary N) is 1. The van der Waals surface area contributed by atoms with Gasteiger partial charge in [-0.25, -0.2) is 4.68 Å². The summed E-state index contributed by atoms with van der Waals surface area (Å²) in [6, 6.07) is 11.2. The monoisotopic (exact) mass is 318 g/mol. The number of benzene rings is 1. The molecule has 120 valence electrons. The summed E-state index contributed by atoms with van der Waals surface area (Å²) in [5.74, 6) is 0.847. The van der Waals surface area contributed by atoms with Gasteiger partial charge in [-0.2, -0.15) is 10.4 Å². The minimum absolute atomic E-state index is 0.0000169. The Morgan fingerprint density at radius 1 is 1.29 bits per heavy atom. The van der Waals surface area contributed by atoms with Crippen LogP contribution in [0.25, 0.3) is 5.69 Å². The summed E-state index contributed by atoms with van der Waals surface area (Å²) < 4.78 is 1.71. The number of carbonyl (C=O) groups is 1. The lowest BCUT2D eigenvalue weighted by Gasteiger charge is -2.19. The molecule has 1 N–H and O–H groups in total. The molecule has 2 aliphatic rings. The molecule has 0 spiro atoms. The van der Waals surface area contributed by atoms with Gasteiger partial charge in [-0.3, -0.25) is 4.79 Å². The molecule has 2 aliphatic carbocycles. The third-order valence-electron chi connectivity index (χ3n) is 4.99. The van der Waals surface area contributed by atoms with E-state index in [0.29, 0.717) is 17.4 Å². The van der Waals surface area contributed by atoms with Crippen LogP contribution in [0.2, 0.25) is 0 Å². The maximum atomic E-state index is 12.5. The average molecular weight is 318 g/mol. The van der Waals surface area contributed by atoms with Crippen LogP contribution in [0, 0.1) is 29.1 Å². The third kappa shape index (κ3) is 2.61. The van der Waals surface area contributed by atoms with E-state index in [0.717, 1.165) is 18.5 Å². The van der Waals surface area contributed by atoms with Gasteiger partial charge in [0.1, 0.15) is 6.04 Å². The quantitative estimate of drug-likeness (QED) is 0.881. The SMILES string of the molecule is N#C[C@H](NC(=O)[C@@H]1C[C@H]2C=C[C@H]1C2)c1cnn(-c2ccccc2)c1. The van der Waals surface area contributed by atoms with E-state index in [1.807, 2.05) is 30.3 Å². The number of para-hydroxylation sites is 1. The van der Waals surface area contributed by atoms with Crippen LogP contribution in [0.4, 0.5) is 0 Å². The van der Waals surface area contributed by atoms with Crippen molar-refractivity contribution in [3.05, 3.63) is 60.4 Å². The zero-order chi connectivity index (χ0) is 16.5. The van der Waals surface area contributed by atoms with Crippen LogP contribution in [-0.4, -0.2) is 15.7 Å². The average Bonchev–Trinajstić information content (AvgIpc) is 3.36. The molecule has 4 rings (SSSR count). The number of amides is 1. The van der Waals surface area contributed by atoms with Crippen molar-refractivity contribution in [3.63, 3.8) is 0 Å². The second kappa shape index (κ2) is 5.97. The van der Waals surface area contributed by atoms with Crippen molar-refractivity contribution in [3.8, 4) is 11.8 Å². The predicted octanol–water partition coefficient (Wildman–Crippen LogP) is 2.77. The van der Waals surface area contributed by atoms with Crippen LogP contribution < -0.4 is 5.32 Å². The second-order valence-corrected chi connectivity index (χ2v) is 6.51. The van der Waals surface area contributed by atoms with Gasteiger partial charge in [-0.15, -0.1) is 0 Å². The highest BCUT2D eigenvalue weighted by Gasteiger charge is 2.40. The zero-order valence-electron chi connectivity index (χ0n) is 13.2. The number of nitrogens with zero attached hydrogens (tertiary/aromatic N) is 3. The van der Waals surface area contributed by atoms with Crippen LogP contribution in [0.1, 0.15) is 24.4 Å². The molecule has 0 radical (unpaired) electrons. The van der Waals surface area contributed by atoms with Crippen LogP contribution >= 0.6 is 0 Å². The molecule has 24 heavy (non-hydrogen) atoms. The van der Waals surface area contributed by atoms with E-state index in [-0.39, 0.29) is 11.8 Å². The maximum absolute atomic E-state index is 12.5. The van der Waals surface area contributed by atoms with Gasteiger partial charge in [-0.1, -0.05) is 30.4 Å². The molecule has 1 saturated carbocycles. The Morgan fingerprint density at radius 2 is 2.12 bits per heavy atom. The van der Waals surface area contributed by atoms with Gasteiger partial charge in [0.05, 0.1) is 18.0 Å². The smallest absolute Gasteiger partial charge is 0.225 e. The lowest BCUT2D eigenvalue weighted by atomic mass is 9.92. The van der Waals surface area contributed by atoms with Crippen LogP contribution in [0.5, 0.6) is 0 Å². The molecule has 4 atom stereocenters. The number of rotatable bonds is 4. The van der Waals surface area contributed by atoms with E-state index in [9.17, 15) is 10.1 Å². The second-order valence-electron chi connectivity index (χ2n) is 6.51. The molecular formula is C19H18N4O. The van der Waals surface area contributed by atoms with Gasteiger partial charge in [0.15, 0.2) is 0 Å². The normalized spacial score (nSPS) is 25.4. The standard InChI is InChI=1S/C19H18N4O/c20-10-18(22-19(24)17-9-13-6-7-14(17)8-13)15-11-21-23(12-15)16-4-2-1-3-5-16/h1-7,11-14,17-18H,8-9H2,(H,22,24)/t13-,14-,17+,18-/m0/s1. The first-order valence-electron chi connectivity index (χ1n) is 8.23. The van der Waals surface area contributed by atoms with E-state index in [4.69, 9.17) is 0 Å². The summed E-state index contributed by atoms with van der Waals surface area (Å²) in [6.45, 7) is 0. The van der Waals surface area contributed by atoms with Gasteiger partial charge >= 0.3 is 0 Å². The van der Waals surface area contributed by atoms with E-state index in [1.165, 1.54) is 0 Å². The predicted molar refractivity (Wildman–Crippen MR) is 88.9 cm³/mol. The van der Waals surface area contributed by atoms with Gasteiger partial charge in [-0.05, 0) is 36.8 Å². The first-order valence-corrected chi connectivity index (χ1v) is 8.23. The molecule has 2 aromatic rings. The van der Waals surface area contributed by atoms with Gasteiger partial charge in [0.25, 0.3) is 0 Å². The Bertz CT molecular complexity index is 817. The van der Waals surface area contributed by atoms with Crippen LogP contribution in [0.15, 0.2) is 54.9 Å². The lowest BCUT2D eigenvalue weighted by Crippen LogP contribution is -2.35. The highest BCUT2D eigenvalue weighted by molar-refractivity contribution is 5.80. The molecule has 2 bridgehead atoms. The number of nitriles is 1. The highest BCUT2D eigenvalue weighted by Crippen LogP contribution is 2.43. The van der Waals surface area contributed by atoms with Crippen molar-refractivity contribution in [2.45, 2.75) is 18.9 Å². The number of fused-ring (bicyclic) bond motifs is 2. The fraction of sp³-hybridized carbons (Fsp3) is 0.316. The fourth-order valence-electron chi connectivity index (χ4n) is 3.73. The van der Waals surface area contributed by atoms with Crippen LogP contribution in [0.3, 0.4) is 0 Å². The number of carbonyl (C=O) groups excluding carboxylic acids is 1. The molecule has 5 heteroatoms. The highest BCUT2D eigenvalue weighted by atomic mass is 16.2. The largest absolute Gasteiger partial charge is 0.336 e. The summed E-state index contributed by atoms with van der Waals surface area (Å²) in [6.07, 6.45) is 9.76. The van der Waals surface area contributed by atoms with Gasteiger partial charge in [0.2, 0.25) is 5.91 Å². The van der Waals surface area contributed by atoms with E-state index >= 15 is 0 Å². The maximum Gasteiger partial charge on any atom is 0.225 e. The van der Waals surface area contributed by atoms with E-state index in [1.54, 1.807) is 17.1 Å². The summed E-state index contributed by atoms with van der Waals surface area (Å²) in [7, 11) is 0. The molecule has 5 nitrogen and oxygen atoms in total. The first kappa shape index (κ1) is 14.7. The van der Waals surface area contributed by atoms with Crippen molar-refractivity contribution in [2.75, 3.05) is 0 Å². The van der Waals surface area contributed by atoms with Crippen molar-refractivity contribution in [1.29, 1.82) is 5.26 Å². The van der Waals surface area contributed by atoms with Crippen molar-refractivity contribution < 1.29 is 4.79 Å². The molecule has 0 unspecified atom stereocenters. The van der Waals surface area contributed by atoms with Crippen LogP contribution in [-0.2, 0) is 4.79 Å². The molecule has 1 heterocycles. The van der Waals surface area contributed by atoms with E-state index < -0.39 is 6.04 Å². The molecule has 1 aromatic carbocycles. The zero-order valence-corrected chi connectivity index (χ0v) is 13.2. The third-order valence-corrected chi connectivity index (χ3v) is 4.99. The van der Waals surface area contributed by atoms with Gasteiger partial charge < -0.3 is 5.32 Å². The number of hydrogen-bond donors (Lipinski definition) is 1. The topological polar surface area (TPSA) is 70.7 Å². The number of allylic oxidation sites excluding steroid dienone is 2. The van der Waals surface area contributed by atoms with Gasteiger partial charge in [0, 0.05) is 17.7 Å². The summed E-state index contributed by atoms with van der Waals surface area (Å²) in [5, 5.41) is 16.7. The molecule has 0 saturated heterocycles. The molecule has 0 aliphatic heterocycles. The number of aromatic nitrogens is 2. The summed E-state index contributed by atoms with van der Waals surface area (Å²) >= 11 is 0. The van der Waals surface area contributed by atoms with Crippen molar-refractivity contribution >= 4 is 5.91 Å². The summed E-state index contributed by atoms with van der Waals surface area (Å²) in [4.78, 5) is 12.5. The lowest BCUT2D eigenvalue weighted by molar-refractivity contribution is -0.126. The Hall–Kier alpha value is -2.87. The Kier molecular flexibility index (Phi) is 3.66. The Balaban J connectivity index is 1.48. The Morgan fingerprint density at radius 3 is 2.79 bits per heavy atom. The minimum Gasteiger partial charge on any atom is -0.336 e. The Labute approximate surface area is 140 Å². The first-order chi connectivity index (χ1) is 11.7. The number of hydrogen-bond acceptors (Lipinski definition) is 3.